The molecule has 1 aromatic carbocycles. The highest BCUT2D eigenvalue weighted by atomic mass is 32.1. The quantitative estimate of drug-likeness (QED) is 0.939. The van der Waals surface area contributed by atoms with Gasteiger partial charge in [-0.2, -0.15) is 13.2 Å². The fraction of sp³-hybridized carbons (Fsp3) is 0.231. The minimum atomic E-state index is -4.44. The lowest BCUT2D eigenvalue weighted by Gasteiger charge is -2.09. The zero-order chi connectivity index (χ0) is 15.5. The average molecular weight is 316 g/mol. The van der Waals surface area contributed by atoms with Gasteiger partial charge in [-0.25, -0.2) is 4.98 Å². The monoisotopic (exact) mass is 316 g/mol. The van der Waals surface area contributed by atoms with E-state index in [0.717, 1.165) is 17.8 Å². The van der Waals surface area contributed by atoms with E-state index in [1.807, 2.05) is 0 Å². The molecule has 0 aliphatic rings. The van der Waals surface area contributed by atoms with Gasteiger partial charge in [0.25, 0.3) is 5.91 Å². The van der Waals surface area contributed by atoms with Crippen LogP contribution < -0.4 is 10.1 Å². The molecule has 1 amide bonds. The Kier molecular flexibility index (Phi) is 4.46. The van der Waals surface area contributed by atoms with Gasteiger partial charge < -0.3 is 4.74 Å². The van der Waals surface area contributed by atoms with Crippen LogP contribution in [0, 0.1) is 6.92 Å². The number of nitrogens with zero attached hydrogens (tertiary/aromatic N) is 1. The third kappa shape index (κ3) is 4.45. The van der Waals surface area contributed by atoms with Gasteiger partial charge in [0.2, 0.25) is 0 Å². The van der Waals surface area contributed by atoms with Gasteiger partial charge >= 0.3 is 6.18 Å². The Morgan fingerprint density at radius 3 is 2.81 bits per heavy atom. The number of hydrogen-bond acceptors (Lipinski definition) is 4. The van der Waals surface area contributed by atoms with Crippen molar-refractivity contribution in [1.82, 2.24) is 4.98 Å². The van der Waals surface area contributed by atoms with Crippen LogP contribution in [0.2, 0.25) is 0 Å². The maximum atomic E-state index is 12.5. The minimum Gasteiger partial charge on any atom is -0.484 e. The Balaban J connectivity index is 1.92. The molecule has 0 spiro atoms. The third-order valence-corrected chi connectivity index (χ3v) is 3.27. The number of ether oxygens (including phenoxy) is 1. The molecular weight excluding hydrogens is 305 g/mol. The van der Waals surface area contributed by atoms with Crippen LogP contribution in [0.5, 0.6) is 5.75 Å². The first kappa shape index (κ1) is 15.3. The van der Waals surface area contributed by atoms with Crippen LogP contribution in [0.15, 0.2) is 29.6 Å². The number of anilines is 1. The predicted octanol–water partition coefficient (Wildman–Crippen LogP) is 3.49. The molecular formula is C13H11F3N2O2S. The Morgan fingerprint density at radius 1 is 1.43 bits per heavy atom. The highest BCUT2D eigenvalue weighted by Crippen LogP contribution is 2.31. The number of thiazole rings is 1. The van der Waals surface area contributed by atoms with Crippen molar-refractivity contribution < 1.29 is 22.7 Å². The number of aromatic nitrogens is 1. The molecule has 8 heteroatoms. The number of nitrogens with one attached hydrogen (secondary N) is 1. The highest BCUT2D eigenvalue weighted by Gasteiger charge is 2.30. The summed E-state index contributed by atoms with van der Waals surface area (Å²) >= 11 is 1.26. The molecule has 1 heterocycles. The molecule has 0 aliphatic heterocycles. The van der Waals surface area contributed by atoms with Gasteiger partial charge in [0, 0.05) is 5.38 Å². The zero-order valence-corrected chi connectivity index (χ0v) is 11.7. The molecule has 1 N–H and O–H groups in total. The van der Waals surface area contributed by atoms with E-state index in [0.29, 0.717) is 5.13 Å². The molecule has 4 nitrogen and oxygen atoms in total. The van der Waals surface area contributed by atoms with Crippen molar-refractivity contribution in [2.45, 2.75) is 13.1 Å². The van der Waals surface area contributed by atoms with E-state index in [1.165, 1.54) is 23.5 Å². The van der Waals surface area contributed by atoms with Crippen molar-refractivity contribution >= 4 is 22.4 Å². The lowest BCUT2D eigenvalue weighted by atomic mass is 10.2. The summed E-state index contributed by atoms with van der Waals surface area (Å²) in [6.07, 6.45) is -4.44. The number of aryl methyl sites for hydroxylation is 1. The fourth-order valence-corrected chi connectivity index (χ4v) is 2.18. The number of halogens is 3. The van der Waals surface area contributed by atoms with E-state index < -0.39 is 17.6 Å². The van der Waals surface area contributed by atoms with E-state index in [4.69, 9.17) is 4.74 Å². The molecule has 0 aliphatic carbocycles. The lowest BCUT2D eigenvalue weighted by Crippen LogP contribution is -2.20. The SMILES string of the molecule is Cc1csc(NC(=O)COc2cccc(C(F)(F)F)c2)n1. The highest BCUT2D eigenvalue weighted by molar-refractivity contribution is 7.13. The molecule has 0 saturated carbocycles. The first-order valence-corrected chi connectivity index (χ1v) is 6.74. The van der Waals surface area contributed by atoms with Gasteiger partial charge in [0.1, 0.15) is 5.75 Å². The van der Waals surface area contributed by atoms with E-state index in [-0.39, 0.29) is 12.4 Å². The molecule has 0 atom stereocenters. The molecule has 0 unspecified atom stereocenters. The van der Waals surface area contributed by atoms with E-state index in [2.05, 4.69) is 10.3 Å². The summed E-state index contributed by atoms with van der Waals surface area (Å²) in [7, 11) is 0. The standard InChI is InChI=1S/C13H11F3N2O2S/c1-8-7-21-12(17-8)18-11(19)6-20-10-4-2-3-9(5-10)13(14,15)16/h2-5,7H,6H2,1H3,(H,17,18,19). The lowest BCUT2D eigenvalue weighted by molar-refractivity contribution is -0.137. The van der Waals surface area contributed by atoms with Crippen LogP contribution >= 0.6 is 11.3 Å². The topological polar surface area (TPSA) is 51.2 Å². The van der Waals surface area contributed by atoms with E-state index >= 15 is 0 Å². The maximum Gasteiger partial charge on any atom is 0.416 e. The second-order valence-electron chi connectivity index (χ2n) is 4.16. The number of carbonyl (C=O) groups is 1. The van der Waals surface area contributed by atoms with Crippen LogP contribution in [0.3, 0.4) is 0 Å². The molecule has 2 rings (SSSR count). The fourth-order valence-electron chi connectivity index (χ4n) is 1.48. The smallest absolute Gasteiger partial charge is 0.416 e. The van der Waals surface area contributed by atoms with Crippen molar-refractivity contribution in [2.24, 2.45) is 0 Å². The second-order valence-corrected chi connectivity index (χ2v) is 5.01. The van der Waals surface area contributed by atoms with Gasteiger partial charge in [-0.3, -0.25) is 10.1 Å². The van der Waals surface area contributed by atoms with Gasteiger partial charge in [0.15, 0.2) is 11.7 Å². The first-order chi connectivity index (χ1) is 9.84. The first-order valence-electron chi connectivity index (χ1n) is 5.86. The summed E-state index contributed by atoms with van der Waals surface area (Å²) in [5.74, 6) is -0.503. The molecule has 2 aromatic rings. The van der Waals surface area contributed by atoms with Crippen molar-refractivity contribution in [3.63, 3.8) is 0 Å². The number of benzene rings is 1. The van der Waals surface area contributed by atoms with Crippen LogP contribution in [-0.4, -0.2) is 17.5 Å². The van der Waals surface area contributed by atoms with Crippen LogP contribution in [0.25, 0.3) is 0 Å². The molecule has 21 heavy (non-hydrogen) atoms. The molecule has 112 valence electrons. The third-order valence-electron chi connectivity index (χ3n) is 2.40. The number of alkyl halides is 3. The Labute approximate surface area is 122 Å². The molecule has 1 aromatic heterocycles. The minimum absolute atomic E-state index is 0.0182. The van der Waals surface area contributed by atoms with E-state index in [1.54, 1.807) is 12.3 Å². The number of rotatable bonds is 4. The number of amides is 1. The summed E-state index contributed by atoms with van der Waals surface area (Å²) in [6, 6.07) is 4.36. The number of carbonyl (C=O) groups excluding carboxylic acids is 1. The second kappa shape index (κ2) is 6.13. The van der Waals surface area contributed by atoms with Gasteiger partial charge in [-0.05, 0) is 25.1 Å². The normalized spacial score (nSPS) is 11.2. The predicted molar refractivity (Wildman–Crippen MR) is 72.4 cm³/mol. The average Bonchev–Trinajstić information content (AvgIpc) is 2.81. The largest absolute Gasteiger partial charge is 0.484 e. The zero-order valence-electron chi connectivity index (χ0n) is 10.9. The van der Waals surface area contributed by atoms with E-state index in [9.17, 15) is 18.0 Å². The van der Waals surface area contributed by atoms with Crippen molar-refractivity contribution in [3.05, 3.63) is 40.9 Å². The summed E-state index contributed by atoms with van der Waals surface area (Å²) in [6.45, 7) is 1.39. The Hall–Kier alpha value is -2.09. The van der Waals surface area contributed by atoms with Crippen LogP contribution in [-0.2, 0) is 11.0 Å². The molecule has 0 bridgehead atoms. The summed E-state index contributed by atoms with van der Waals surface area (Å²) < 4.78 is 42.6. The number of hydrogen-bond donors (Lipinski definition) is 1. The molecule has 0 fully saturated rings. The van der Waals surface area contributed by atoms with Crippen LogP contribution in [0.4, 0.5) is 18.3 Å². The van der Waals surface area contributed by atoms with Crippen LogP contribution in [0.1, 0.15) is 11.3 Å². The summed E-state index contributed by atoms with van der Waals surface area (Å²) in [4.78, 5) is 15.6. The van der Waals surface area contributed by atoms with Gasteiger partial charge in [-0.1, -0.05) is 6.07 Å². The maximum absolute atomic E-state index is 12.5. The van der Waals surface area contributed by atoms with Gasteiger partial charge in [0.05, 0.1) is 11.3 Å². The van der Waals surface area contributed by atoms with Gasteiger partial charge in [-0.15, -0.1) is 11.3 Å². The summed E-state index contributed by atoms with van der Waals surface area (Å²) in [5, 5.41) is 4.69. The molecule has 0 saturated heterocycles. The van der Waals surface area contributed by atoms with Crippen molar-refractivity contribution in [2.75, 3.05) is 11.9 Å². The van der Waals surface area contributed by atoms with Crippen molar-refractivity contribution in [3.8, 4) is 5.75 Å². The Morgan fingerprint density at radius 2 is 2.19 bits per heavy atom. The summed E-state index contributed by atoms with van der Waals surface area (Å²) in [5.41, 5.74) is -0.0509. The van der Waals surface area contributed by atoms with Crippen molar-refractivity contribution in [1.29, 1.82) is 0 Å². The molecule has 0 radical (unpaired) electrons. The Bertz CT molecular complexity index is 640.